The van der Waals surface area contributed by atoms with Gasteiger partial charge in [0, 0.05) is 10.8 Å². The van der Waals surface area contributed by atoms with Gasteiger partial charge in [-0.1, -0.05) is 18.2 Å². The fourth-order valence-corrected chi connectivity index (χ4v) is 6.96. The number of hydrogen-bond donors (Lipinski definition) is 4. The number of aromatic hydroxyl groups is 1. The normalized spacial score (nSPS) is 13.2. The summed E-state index contributed by atoms with van der Waals surface area (Å²) in [7, 11) is -18.6. The zero-order valence-electron chi connectivity index (χ0n) is 21.5. The zero-order chi connectivity index (χ0) is 32.0. The van der Waals surface area contributed by atoms with Crippen molar-refractivity contribution in [3.05, 3.63) is 60.3 Å². The fourth-order valence-electron chi connectivity index (χ4n) is 3.93. The molecule has 0 fully saturated rings. The summed E-state index contributed by atoms with van der Waals surface area (Å²) in [5.41, 5.74) is -0.450. The maximum absolute atomic E-state index is 12.4. The first-order valence-corrected chi connectivity index (χ1v) is 17.4. The molecule has 3 aromatic carbocycles. The van der Waals surface area contributed by atoms with Crippen molar-refractivity contribution in [3.63, 3.8) is 0 Å². The van der Waals surface area contributed by atoms with Gasteiger partial charge >= 0.3 is 10.4 Å². The Morgan fingerprint density at radius 1 is 0.814 bits per heavy atom. The molecule has 0 aliphatic heterocycles. The molecule has 230 valence electrons. The number of benzene rings is 3. The average Bonchev–Trinajstić information content (AvgIpc) is 3.17. The number of aryl methyl sites for hydroxylation is 1. The van der Waals surface area contributed by atoms with Gasteiger partial charge in [-0.15, -0.1) is 10.2 Å². The molecule has 0 spiro atoms. The average molecular weight is 677 g/mol. The topological polar surface area (TPSA) is 269 Å². The molecule has 0 bridgehead atoms. The van der Waals surface area contributed by atoms with Gasteiger partial charge in [0.1, 0.15) is 15.5 Å². The van der Waals surface area contributed by atoms with E-state index in [4.69, 9.17) is 4.55 Å². The van der Waals surface area contributed by atoms with E-state index in [1.165, 1.54) is 25.1 Å². The summed E-state index contributed by atoms with van der Waals surface area (Å²) >= 11 is 0. The molecule has 43 heavy (non-hydrogen) atoms. The van der Waals surface area contributed by atoms with Crippen molar-refractivity contribution in [3.8, 4) is 11.6 Å². The summed E-state index contributed by atoms with van der Waals surface area (Å²) < 4.78 is 127. The van der Waals surface area contributed by atoms with Gasteiger partial charge in [-0.25, -0.2) is 12.6 Å². The van der Waals surface area contributed by atoms with Crippen LogP contribution in [-0.4, -0.2) is 74.6 Å². The second-order valence-electron chi connectivity index (χ2n) is 8.65. The Hall–Kier alpha value is -3.83. The molecule has 0 amide bonds. The second kappa shape index (κ2) is 11.3. The lowest BCUT2D eigenvalue weighted by molar-refractivity contribution is 0.284. The van der Waals surface area contributed by atoms with Crippen molar-refractivity contribution < 1.29 is 56.6 Å². The van der Waals surface area contributed by atoms with E-state index in [1.807, 2.05) is 0 Å². The van der Waals surface area contributed by atoms with Gasteiger partial charge in [0.2, 0.25) is 5.88 Å². The van der Waals surface area contributed by atoms with E-state index >= 15 is 0 Å². The molecule has 0 aliphatic carbocycles. The van der Waals surface area contributed by atoms with Crippen LogP contribution in [0, 0.1) is 6.92 Å². The number of sulfone groups is 1. The Balaban J connectivity index is 1.70. The quantitative estimate of drug-likeness (QED) is 0.139. The highest BCUT2D eigenvalue weighted by Crippen LogP contribution is 2.38. The van der Waals surface area contributed by atoms with E-state index in [2.05, 4.69) is 19.5 Å². The van der Waals surface area contributed by atoms with Gasteiger partial charge in [0.15, 0.2) is 15.5 Å². The summed E-state index contributed by atoms with van der Waals surface area (Å²) in [6.07, 6.45) is 0. The molecule has 0 unspecified atom stereocenters. The number of fused-ring (bicyclic) bond motifs is 1. The largest absolute Gasteiger partial charge is 0.492 e. The third-order valence-corrected chi connectivity index (χ3v) is 9.79. The van der Waals surface area contributed by atoms with Crippen LogP contribution in [0.4, 0.5) is 11.4 Å². The summed E-state index contributed by atoms with van der Waals surface area (Å²) in [5, 5.41) is 22.0. The minimum Gasteiger partial charge on any atom is -0.492 e. The summed E-state index contributed by atoms with van der Waals surface area (Å²) in [5.74, 6) is -1.36. The predicted octanol–water partition coefficient (Wildman–Crippen LogP) is 2.54. The van der Waals surface area contributed by atoms with Crippen LogP contribution < -0.4 is 0 Å². The van der Waals surface area contributed by atoms with Crippen molar-refractivity contribution in [2.75, 3.05) is 12.4 Å². The third-order valence-electron chi connectivity index (χ3n) is 5.77. The summed E-state index contributed by atoms with van der Waals surface area (Å²) in [6, 6.07) is 10.3. The Labute approximate surface area is 244 Å². The van der Waals surface area contributed by atoms with E-state index < -0.39 is 74.2 Å². The van der Waals surface area contributed by atoms with Crippen molar-refractivity contribution >= 4 is 62.6 Å². The van der Waals surface area contributed by atoms with E-state index in [0.717, 1.165) is 41.1 Å². The minimum absolute atomic E-state index is 0.0863. The lowest BCUT2D eigenvalue weighted by Crippen LogP contribution is -2.15. The van der Waals surface area contributed by atoms with E-state index in [1.54, 1.807) is 0 Å². The molecule has 0 atom stereocenters. The van der Waals surface area contributed by atoms with Crippen LogP contribution >= 0.6 is 0 Å². The second-order valence-corrected chi connectivity index (χ2v) is 14.6. The minimum atomic E-state index is -5.03. The number of azo groups is 1. The van der Waals surface area contributed by atoms with Crippen molar-refractivity contribution in [1.82, 2.24) is 9.78 Å². The molecule has 0 saturated heterocycles. The summed E-state index contributed by atoms with van der Waals surface area (Å²) in [4.78, 5) is -1.66. The molecular weight excluding hydrogens is 657 g/mol. The number of aromatic nitrogens is 2. The van der Waals surface area contributed by atoms with Gasteiger partial charge in [-0.2, -0.15) is 35.0 Å². The van der Waals surface area contributed by atoms with Gasteiger partial charge in [-0.3, -0.25) is 13.7 Å². The first-order chi connectivity index (χ1) is 19.8. The van der Waals surface area contributed by atoms with Crippen LogP contribution in [-0.2, 0) is 44.7 Å². The molecule has 0 radical (unpaired) electrons. The smallest absolute Gasteiger partial charge is 0.397 e. The van der Waals surface area contributed by atoms with E-state index in [9.17, 15) is 47.9 Å². The first kappa shape index (κ1) is 32.1. The summed E-state index contributed by atoms with van der Waals surface area (Å²) in [6.45, 7) is 0.593. The fraction of sp³-hybridized carbons (Fsp3) is 0.136. The zero-order valence-corrected chi connectivity index (χ0v) is 24.8. The molecule has 0 saturated carbocycles. The highest BCUT2D eigenvalue weighted by molar-refractivity contribution is 7.91. The molecule has 17 nitrogen and oxygen atoms in total. The van der Waals surface area contributed by atoms with Gasteiger partial charge in [0.05, 0.1) is 28.6 Å². The Bertz CT molecular complexity index is 2210. The lowest BCUT2D eigenvalue weighted by Gasteiger charge is -2.09. The van der Waals surface area contributed by atoms with Crippen LogP contribution in [0.2, 0.25) is 0 Å². The van der Waals surface area contributed by atoms with Crippen LogP contribution in [0.25, 0.3) is 16.5 Å². The monoisotopic (exact) mass is 676 g/mol. The van der Waals surface area contributed by atoms with Gasteiger partial charge < -0.3 is 5.11 Å². The van der Waals surface area contributed by atoms with Crippen LogP contribution in [0.5, 0.6) is 5.88 Å². The SMILES string of the molecule is Cc1nn(-c2ccc(S(=O)(=O)CCOS(=O)(=O)O)cc2)c(O)c1/N=N/c1ccc2c(S(=O)(=O)O)cccc2c1S(=O)(=O)O. The number of hydrogen-bond acceptors (Lipinski definition) is 13. The van der Waals surface area contributed by atoms with Gasteiger partial charge in [0.25, 0.3) is 20.2 Å². The number of rotatable bonds is 10. The molecule has 21 heteroatoms. The van der Waals surface area contributed by atoms with E-state index in [0.29, 0.717) is 0 Å². The number of nitrogens with zero attached hydrogens (tertiary/aromatic N) is 4. The molecule has 4 rings (SSSR count). The highest BCUT2D eigenvalue weighted by atomic mass is 32.3. The molecule has 4 N–H and O–H groups in total. The Morgan fingerprint density at radius 2 is 1.47 bits per heavy atom. The molecule has 0 aliphatic rings. The third kappa shape index (κ3) is 7.05. The molecule has 1 heterocycles. The Morgan fingerprint density at radius 3 is 2.05 bits per heavy atom. The molecular formula is C22H20N4O13S4. The predicted molar refractivity (Wildman–Crippen MR) is 147 cm³/mol. The first-order valence-electron chi connectivity index (χ1n) is 11.5. The van der Waals surface area contributed by atoms with Crippen molar-refractivity contribution in [1.29, 1.82) is 0 Å². The highest BCUT2D eigenvalue weighted by Gasteiger charge is 2.24. The van der Waals surface area contributed by atoms with Crippen LogP contribution in [0.15, 0.2) is 79.5 Å². The molecule has 1 aromatic heterocycles. The van der Waals surface area contributed by atoms with Crippen LogP contribution in [0.3, 0.4) is 0 Å². The lowest BCUT2D eigenvalue weighted by atomic mass is 10.1. The van der Waals surface area contributed by atoms with Crippen LogP contribution in [0.1, 0.15) is 5.69 Å². The van der Waals surface area contributed by atoms with Crippen molar-refractivity contribution in [2.24, 2.45) is 10.2 Å². The maximum Gasteiger partial charge on any atom is 0.397 e. The van der Waals surface area contributed by atoms with E-state index in [-0.39, 0.29) is 32.7 Å². The maximum atomic E-state index is 12.4. The molecule has 4 aromatic rings. The Kier molecular flexibility index (Phi) is 8.47. The van der Waals surface area contributed by atoms with Gasteiger partial charge in [-0.05, 0) is 43.3 Å². The van der Waals surface area contributed by atoms with Crippen molar-refractivity contribution in [2.45, 2.75) is 21.6 Å². The standard InChI is InChI=1S/C22H20N4O13S4/c1-13-20(22(27)26(25-13)14-5-7-15(8-6-14)40(28,29)12-11-39-43(36,37)38)24-23-18-10-9-16-17(21(18)42(33,34)35)3-2-4-19(16)41(30,31)32/h2-10,27H,11-12H2,1H3,(H,30,31,32)(H,33,34,35)(H,36,37,38)/b24-23+.